The number of ether oxygens (including phenoxy) is 3. The molecule has 2 aliphatic heterocycles. The van der Waals surface area contributed by atoms with E-state index in [1.54, 1.807) is 47.2 Å². The quantitative estimate of drug-likeness (QED) is 0.812. The maximum absolute atomic E-state index is 13.2. The lowest BCUT2D eigenvalue weighted by Gasteiger charge is -2.37. The van der Waals surface area contributed by atoms with E-state index in [2.05, 4.69) is 0 Å². The minimum Gasteiger partial charge on any atom is -0.497 e. The first-order valence-corrected chi connectivity index (χ1v) is 9.25. The Morgan fingerprint density at radius 3 is 2.64 bits per heavy atom. The number of anilines is 1. The first kappa shape index (κ1) is 18.3. The maximum Gasteiger partial charge on any atom is 0.265 e. The molecule has 2 aliphatic rings. The molecule has 0 spiro atoms. The van der Waals surface area contributed by atoms with Crippen LogP contribution >= 0.6 is 0 Å². The fourth-order valence-electron chi connectivity index (χ4n) is 3.45. The highest BCUT2D eigenvalue weighted by molar-refractivity contribution is 6.08. The Bertz CT molecular complexity index is 879. The summed E-state index contributed by atoms with van der Waals surface area (Å²) < 4.78 is 16.5. The van der Waals surface area contributed by atoms with Gasteiger partial charge in [0.05, 0.1) is 32.6 Å². The van der Waals surface area contributed by atoms with Gasteiger partial charge < -0.3 is 24.0 Å². The van der Waals surface area contributed by atoms with Crippen LogP contribution in [0.4, 0.5) is 5.69 Å². The molecule has 146 valence electrons. The van der Waals surface area contributed by atoms with Gasteiger partial charge in [-0.2, -0.15) is 0 Å². The van der Waals surface area contributed by atoms with Crippen LogP contribution in [0.15, 0.2) is 48.5 Å². The largest absolute Gasteiger partial charge is 0.497 e. The van der Waals surface area contributed by atoms with Crippen molar-refractivity contribution in [2.45, 2.75) is 6.10 Å². The van der Waals surface area contributed by atoms with Crippen LogP contribution in [-0.4, -0.2) is 62.8 Å². The van der Waals surface area contributed by atoms with Crippen LogP contribution in [0.3, 0.4) is 0 Å². The van der Waals surface area contributed by atoms with Gasteiger partial charge in [-0.05, 0) is 30.3 Å². The minimum absolute atomic E-state index is 0.124. The van der Waals surface area contributed by atoms with Crippen molar-refractivity contribution in [2.75, 3.05) is 44.9 Å². The lowest BCUT2D eigenvalue weighted by Crippen LogP contribution is -2.54. The van der Waals surface area contributed by atoms with Crippen LogP contribution in [0.5, 0.6) is 11.5 Å². The standard InChI is InChI=1S/C21H22N2O5/c1-26-16-6-4-5-15(13-16)20(24)23-14-19(21(25)22-9-11-27-12-10-22)28-18-8-3-2-7-17(18)23/h2-8,13,19H,9-12,14H2,1H3. The highest BCUT2D eigenvalue weighted by Gasteiger charge is 2.36. The monoisotopic (exact) mass is 382 g/mol. The molecular weight excluding hydrogens is 360 g/mol. The van der Waals surface area contributed by atoms with E-state index in [9.17, 15) is 9.59 Å². The zero-order valence-electron chi connectivity index (χ0n) is 15.7. The first-order valence-electron chi connectivity index (χ1n) is 9.25. The van der Waals surface area contributed by atoms with Crippen LogP contribution in [0, 0.1) is 0 Å². The van der Waals surface area contributed by atoms with E-state index >= 15 is 0 Å². The molecule has 1 unspecified atom stereocenters. The number of carbonyl (C=O) groups is 2. The second-order valence-corrected chi connectivity index (χ2v) is 6.66. The second kappa shape index (κ2) is 7.90. The van der Waals surface area contributed by atoms with Gasteiger partial charge in [-0.25, -0.2) is 0 Å². The van der Waals surface area contributed by atoms with E-state index in [-0.39, 0.29) is 18.4 Å². The Balaban J connectivity index is 1.63. The molecule has 28 heavy (non-hydrogen) atoms. The summed E-state index contributed by atoms with van der Waals surface area (Å²) in [5, 5.41) is 0. The predicted molar refractivity (Wildman–Crippen MR) is 103 cm³/mol. The van der Waals surface area contributed by atoms with Crippen molar-refractivity contribution in [3.63, 3.8) is 0 Å². The van der Waals surface area contributed by atoms with E-state index in [0.717, 1.165) is 0 Å². The molecule has 7 nitrogen and oxygen atoms in total. The number of morpholine rings is 1. The third-order valence-electron chi connectivity index (χ3n) is 4.93. The molecule has 0 aliphatic carbocycles. The molecule has 1 fully saturated rings. The molecule has 0 saturated carbocycles. The molecule has 2 aromatic carbocycles. The van der Waals surface area contributed by atoms with Crippen LogP contribution < -0.4 is 14.4 Å². The smallest absolute Gasteiger partial charge is 0.265 e. The summed E-state index contributed by atoms with van der Waals surface area (Å²) in [5.74, 6) is 0.806. The lowest BCUT2D eigenvalue weighted by molar-refractivity contribution is -0.142. The summed E-state index contributed by atoms with van der Waals surface area (Å²) in [6.45, 7) is 2.25. The number of nitrogens with zero attached hydrogens (tertiary/aromatic N) is 2. The van der Waals surface area contributed by atoms with E-state index in [0.29, 0.717) is 49.1 Å². The van der Waals surface area contributed by atoms with Crippen molar-refractivity contribution < 1.29 is 23.8 Å². The van der Waals surface area contributed by atoms with Crippen LogP contribution in [0.2, 0.25) is 0 Å². The summed E-state index contributed by atoms with van der Waals surface area (Å²) >= 11 is 0. The number of amides is 2. The average molecular weight is 382 g/mol. The van der Waals surface area contributed by atoms with Crippen molar-refractivity contribution in [3.05, 3.63) is 54.1 Å². The Hall–Kier alpha value is -3.06. The fourth-order valence-corrected chi connectivity index (χ4v) is 3.45. The summed E-state index contributed by atoms with van der Waals surface area (Å²) in [7, 11) is 1.56. The van der Waals surface area contributed by atoms with Crippen LogP contribution in [-0.2, 0) is 9.53 Å². The predicted octanol–water partition coefficient (Wildman–Crippen LogP) is 1.96. The van der Waals surface area contributed by atoms with Gasteiger partial charge in [0.25, 0.3) is 11.8 Å². The second-order valence-electron chi connectivity index (χ2n) is 6.66. The molecule has 7 heteroatoms. The normalized spacial score (nSPS) is 18.8. The van der Waals surface area contributed by atoms with Crippen LogP contribution in [0.25, 0.3) is 0 Å². The lowest BCUT2D eigenvalue weighted by atomic mass is 10.1. The van der Waals surface area contributed by atoms with Gasteiger partial charge in [-0.15, -0.1) is 0 Å². The van der Waals surface area contributed by atoms with Crippen molar-refractivity contribution >= 4 is 17.5 Å². The molecule has 2 aromatic rings. The number of rotatable bonds is 3. The third-order valence-corrected chi connectivity index (χ3v) is 4.93. The van der Waals surface area contributed by atoms with E-state index in [1.165, 1.54) is 0 Å². The zero-order chi connectivity index (χ0) is 19.5. The van der Waals surface area contributed by atoms with Gasteiger partial charge in [-0.3, -0.25) is 9.59 Å². The van der Waals surface area contributed by atoms with Crippen molar-refractivity contribution in [2.24, 2.45) is 0 Å². The van der Waals surface area contributed by atoms with Crippen LogP contribution in [0.1, 0.15) is 10.4 Å². The van der Waals surface area contributed by atoms with Gasteiger partial charge >= 0.3 is 0 Å². The number of para-hydroxylation sites is 2. The number of benzene rings is 2. The number of hydrogen-bond donors (Lipinski definition) is 0. The SMILES string of the molecule is COc1cccc(C(=O)N2CC(C(=O)N3CCOCC3)Oc3ccccc32)c1. The van der Waals surface area contributed by atoms with Gasteiger partial charge in [0.2, 0.25) is 0 Å². The van der Waals surface area contributed by atoms with E-state index < -0.39 is 6.10 Å². The van der Waals surface area contributed by atoms with Gasteiger partial charge in [0, 0.05) is 18.7 Å². The Morgan fingerprint density at radius 2 is 1.86 bits per heavy atom. The summed E-state index contributed by atoms with van der Waals surface area (Å²) in [5.41, 5.74) is 1.15. The molecule has 2 amide bonds. The number of carbonyl (C=O) groups excluding carboxylic acids is 2. The molecule has 1 saturated heterocycles. The van der Waals surface area contributed by atoms with Gasteiger partial charge in [-0.1, -0.05) is 18.2 Å². The first-order chi connectivity index (χ1) is 13.7. The Morgan fingerprint density at radius 1 is 1.07 bits per heavy atom. The molecule has 1 atom stereocenters. The van der Waals surface area contributed by atoms with Crippen molar-refractivity contribution in [1.82, 2.24) is 4.90 Å². The third kappa shape index (κ3) is 3.53. The fraction of sp³-hybridized carbons (Fsp3) is 0.333. The van der Waals surface area contributed by atoms with E-state index in [4.69, 9.17) is 14.2 Å². The van der Waals surface area contributed by atoms with Gasteiger partial charge in [0.1, 0.15) is 11.5 Å². The molecule has 2 heterocycles. The van der Waals surface area contributed by atoms with Crippen molar-refractivity contribution in [1.29, 1.82) is 0 Å². The number of methoxy groups -OCH3 is 1. The number of fused-ring (bicyclic) bond motifs is 1. The topological polar surface area (TPSA) is 68.3 Å². The molecule has 0 N–H and O–H groups in total. The maximum atomic E-state index is 13.2. The molecule has 0 aromatic heterocycles. The number of hydrogen-bond acceptors (Lipinski definition) is 5. The minimum atomic E-state index is -0.748. The summed E-state index contributed by atoms with van der Waals surface area (Å²) in [4.78, 5) is 29.5. The highest BCUT2D eigenvalue weighted by Crippen LogP contribution is 2.34. The molecule has 4 rings (SSSR count). The molecule has 0 radical (unpaired) electrons. The van der Waals surface area contributed by atoms with Crippen molar-refractivity contribution in [3.8, 4) is 11.5 Å². The average Bonchev–Trinajstić information content (AvgIpc) is 2.78. The summed E-state index contributed by atoms with van der Waals surface area (Å²) in [6, 6.07) is 14.3. The Labute approximate surface area is 163 Å². The highest BCUT2D eigenvalue weighted by atomic mass is 16.5. The molecular formula is C21H22N2O5. The molecule has 0 bridgehead atoms. The zero-order valence-corrected chi connectivity index (χ0v) is 15.7. The Kier molecular flexibility index (Phi) is 5.16. The summed E-state index contributed by atoms with van der Waals surface area (Å²) in [6.07, 6.45) is -0.748. The van der Waals surface area contributed by atoms with E-state index in [1.807, 2.05) is 18.2 Å². The van der Waals surface area contributed by atoms with Gasteiger partial charge in [0.15, 0.2) is 6.10 Å².